The van der Waals surface area contributed by atoms with E-state index in [0.29, 0.717) is 11.5 Å². The molecule has 1 aromatic carbocycles. The second-order valence-electron chi connectivity index (χ2n) is 5.38. The number of methoxy groups -OCH3 is 1. The van der Waals surface area contributed by atoms with Gasteiger partial charge in [0.1, 0.15) is 11.6 Å². The van der Waals surface area contributed by atoms with Crippen LogP contribution in [0, 0.1) is 5.82 Å². The normalized spacial score (nSPS) is 15.5. The molecule has 1 saturated carbocycles. The summed E-state index contributed by atoms with van der Waals surface area (Å²) in [5.74, 6) is 0.511. The molecule has 1 atom stereocenters. The molecule has 1 amide bonds. The van der Waals surface area contributed by atoms with Crippen LogP contribution in [0.5, 0.6) is 0 Å². The number of hydrogen-bond donors (Lipinski definition) is 1. The Morgan fingerprint density at radius 3 is 3.00 bits per heavy atom. The SMILES string of the molecule is CO[C@H](CNC(=O)c1cc(C2CC2)on1)c1cccc(F)c1. The van der Waals surface area contributed by atoms with E-state index in [0.717, 1.165) is 18.6 Å². The summed E-state index contributed by atoms with van der Waals surface area (Å²) in [7, 11) is 1.52. The van der Waals surface area contributed by atoms with Crippen LogP contribution in [0.2, 0.25) is 0 Å². The van der Waals surface area contributed by atoms with Crippen LogP contribution in [-0.4, -0.2) is 24.7 Å². The van der Waals surface area contributed by atoms with Crippen LogP contribution in [-0.2, 0) is 4.74 Å². The molecule has 5 nitrogen and oxygen atoms in total. The maximum atomic E-state index is 13.2. The molecule has 0 saturated heterocycles. The van der Waals surface area contributed by atoms with Gasteiger partial charge in [0.15, 0.2) is 5.69 Å². The van der Waals surface area contributed by atoms with Crippen molar-refractivity contribution < 1.29 is 18.4 Å². The van der Waals surface area contributed by atoms with Crippen LogP contribution in [0.4, 0.5) is 4.39 Å². The molecule has 1 aliphatic rings. The van der Waals surface area contributed by atoms with Crippen molar-refractivity contribution in [3.63, 3.8) is 0 Å². The van der Waals surface area contributed by atoms with Crippen LogP contribution in [0.25, 0.3) is 0 Å². The Morgan fingerprint density at radius 2 is 2.32 bits per heavy atom. The van der Waals surface area contributed by atoms with Crippen molar-refractivity contribution in [2.75, 3.05) is 13.7 Å². The van der Waals surface area contributed by atoms with Crippen LogP contribution in [0.3, 0.4) is 0 Å². The fourth-order valence-electron chi connectivity index (χ4n) is 2.28. The molecule has 116 valence electrons. The highest BCUT2D eigenvalue weighted by molar-refractivity contribution is 5.92. The molecule has 1 fully saturated rings. The molecule has 6 heteroatoms. The first-order valence-corrected chi connectivity index (χ1v) is 7.20. The zero-order valence-electron chi connectivity index (χ0n) is 12.2. The first kappa shape index (κ1) is 14.7. The quantitative estimate of drug-likeness (QED) is 0.891. The van der Waals surface area contributed by atoms with Gasteiger partial charge in [-0.15, -0.1) is 0 Å². The Balaban J connectivity index is 1.60. The number of halogens is 1. The molecule has 0 spiro atoms. The van der Waals surface area contributed by atoms with E-state index in [1.165, 1.54) is 19.2 Å². The second-order valence-corrected chi connectivity index (χ2v) is 5.38. The van der Waals surface area contributed by atoms with E-state index in [1.807, 2.05) is 0 Å². The number of hydrogen-bond acceptors (Lipinski definition) is 4. The summed E-state index contributed by atoms with van der Waals surface area (Å²) >= 11 is 0. The van der Waals surface area contributed by atoms with E-state index in [4.69, 9.17) is 9.26 Å². The number of ether oxygens (including phenoxy) is 1. The summed E-state index contributed by atoms with van der Waals surface area (Å²) in [5.41, 5.74) is 0.928. The molecule has 1 N–H and O–H groups in total. The van der Waals surface area contributed by atoms with Gasteiger partial charge in [0.2, 0.25) is 0 Å². The molecule has 1 aromatic heterocycles. The molecule has 1 aliphatic carbocycles. The van der Waals surface area contributed by atoms with Crippen LogP contribution in [0.1, 0.15) is 46.7 Å². The predicted molar refractivity (Wildman–Crippen MR) is 77.0 cm³/mol. The second kappa shape index (κ2) is 6.27. The third-order valence-electron chi connectivity index (χ3n) is 3.69. The smallest absolute Gasteiger partial charge is 0.273 e. The first-order valence-electron chi connectivity index (χ1n) is 7.20. The van der Waals surface area contributed by atoms with Crippen LogP contribution < -0.4 is 5.32 Å². The number of amides is 1. The Labute approximate surface area is 127 Å². The number of carbonyl (C=O) groups excluding carboxylic acids is 1. The van der Waals surface area contributed by atoms with Gasteiger partial charge < -0.3 is 14.6 Å². The van der Waals surface area contributed by atoms with Gasteiger partial charge in [0.05, 0.1) is 6.10 Å². The van der Waals surface area contributed by atoms with Crippen LogP contribution >= 0.6 is 0 Å². The number of nitrogens with one attached hydrogen (secondary N) is 1. The van der Waals surface area contributed by atoms with E-state index in [9.17, 15) is 9.18 Å². The van der Waals surface area contributed by atoms with E-state index in [1.54, 1.807) is 18.2 Å². The maximum absolute atomic E-state index is 13.2. The van der Waals surface area contributed by atoms with Gasteiger partial charge >= 0.3 is 0 Å². The van der Waals surface area contributed by atoms with Gasteiger partial charge in [0.25, 0.3) is 5.91 Å². The molecule has 0 aliphatic heterocycles. The monoisotopic (exact) mass is 304 g/mol. The van der Waals surface area contributed by atoms with Gasteiger partial charge in [-0.2, -0.15) is 0 Å². The highest BCUT2D eigenvalue weighted by Crippen LogP contribution is 2.40. The van der Waals surface area contributed by atoms with Gasteiger partial charge in [-0.25, -0.2) is 4.39 Å². The predicted octanol–water partition coefficient (Wildman–Crippen LogP) is 2.81. The van der Waals surface area contributed by atoms with E-state index in [2.05, 4.69) is 10.5 Å². The molecular formula is C16H17FN2O3. The van der Waals surface area contributed by atoms with Gasteiger partial charge in [-0.1, -0.05) is 17.3 Å². The molecule has 1 heterocycles. The van der Waals surface area contributed by atoms with Crippen molar-refractivity contribution >= 4 is 5.91 Å². The molecule has 22 heavy (non-hydrogen) atoms. The molecule has 0 bridgehead atoms. The average molecular weight is 304 g/mol. The minimum Gasteiger partial charge on any atom is -0.375 e. The highest BCUT2D eigenvalue weighted by Gasteiger charge is 2.29. The maximum Gasteiger partial charge on any atom is 0.273 e. The van der Waals surface area contributed by atoms with Crippen molar-refractivity contribution in [3.8, 4) is 0 Å². The van der Waals surface area contributed by atoms with E-state index >= 15 is 0 Å². The summed E-state index contributed by atoms with van der Waals surface area (Å²) in [4.78, 5) is 12.1. The first-order chi connectivity index (χ1) is 10.7. The third kappa shape index (κ3) is 3.33. The fraction of sp³-hybridized carbons (Fsp3) is 0.375. The Hall–Kier alpha value is -2.21. The summed E-state index contributed by atoms with van der Waals surface area (Å²) in [6, 6.07) is 7.80. The van der Waals surface area contributed by atoms with Crippen molar-refractivity contribution in [1.29, 1.82) is 0 Å². The fourth-order valence-corrected chi connectivity index (χ4v) is 2.28. The number of aromatic nitrogens is 1. The number of carbonyl (C=O) groups is 1. The largest absolute Gasteiger partial charge is 0.375 e. The number of benzene rings is 1. The minimum atomic E-state index is -0.422. The Bertz CT molecular complexity index is 667. The zero-order valence-corrected chi connectivity index (χ0v) is 12.2. The van der Waals surface area contributed by atoms with E-state index < -0.39 is 6.10 Å². The molecule has 2 aromatic rings. The lowest BCUT2D eigenvalue weighted by Gasteiger charge is -2.16. The lowest BCUT2D eigenvalue weighted by atomic mass is 10.1. The third-order valence-corrected chi connectivity index (χ3v) is 3.69. The summed E-state index contributed by atoms with van der Waals surface area (Å²) < 4.78 is 23.7. The summed E-state index contributed by atoms with van der Waals surface area (Å²) in [6.45, 7) is 0.227. The minimum absolute atomic E-state index is 0.227. The molecule has 0 radical (unpaired) electrons. The van der Waals surface area contributed by atoms with Gasteiger partial charge in [-0.3, -0.25) is 4.79 Å². The van der Waals surface area contributed by atoms with Crippen molar-refractivity contribution in [3.05, 3.63) is 53.2 Å². The van der Waals surface area contributed by atoms with Crippen LogP contribution in [0.15, 0.2) is 34.9 Å². The van der Waals surface area contributed by atoms with E-state index in [-0.39, 0.29) is 24.0 Å². The average Bonchev–Trinajstić information content (AvgIpc) is 3.25. The highest BCUT2D eigenvalue weighted by atomic mass is 19.1. The Kier molecular flexibility index (Phi) is 4.20. The summed E-state index contributed by atoms with van der Waals surface area (Å²) in [6.07, 6.45) is 1.75. The number of rotatable bonds is 6. The standard InChI is InChI=1S/C16H17FN2O3/c1-21-15(11-3-2-4-12(17)7-11)9-18-16(20)13-8-14(22-19-13)10-5-6-10/h2-4,7-8,10,15H,5-6,9H2,1H3,(H,18,20)/t15-/m1/s1. The lowest BCUT2D eigenvalue weighted by molar-refractivity contribution is 0.0820. The zero-order chi connectivity index (χ0) is 15.5. The number of nitrogens with zero attached hydrogens (tertiary/aromatic N) is 1. The topological polar surface area (TPSA) is 64.4 Å². The Morgan fingerprint density at radius 1 is 1.50 bits per heavy atom. The molecule has 3 rings (SSSR count). The van der Waals surface area contributed by atoms with Crippen molar-refractivity contribution in [1.82, 2.24) is 10.5 Å². The molecule has 0 unspecified atom stereocenters. The van der Waals surface area contributed by atoms with Crippen molar-refractivity contribution in [2.45, 2.75) is 24.9 Å². The summed E-state index contributed by atoms with van der Waals surface area (Å²) in [5, 5.41) is 6.51. The van der Waals surface area contributed by atoms with Gasteiger partial charge in [0, 0.05) is 25.6 Å². The molecular weight excluding hydrogens is 287 g/mol. The van der Waals surface area contributed by atoms with Crippen molar-refractivity contribution in [2.24, 2.45) is 0 Å². The lowest BCUT2D eigenvalue weighted by Crippen LogP contribution is -2.29. The van der Waals surface area contributed by atoms with Gasteiger partial charge in [-0.05, 0) is 30.5 Å².